The first kappa shape index (κ1) is 29.4. The van der Waals surface area contributed by atoms with Crippen molar-refractivity contribution >= 4 is 24.1 Å². The Balaban J connectivity index is 2.15. The molecule has 0 saturated carbocycles. The molecule has 0 aromatic heterocycles. The van der Waals surface area contributed by atoms with Gasteiger partial charge in [-0.25, -0.2) is 9.59 Å². The summed E-state index contributed by atoms with van der Waals surface area (Å²) < 4.78 is 9.75. The summed E-state index contributed by atoms with van der Waals surface area (Å²) in [7, 11) is 2.82. The van der Waals surface area contributed by atoms with Crippen LogP contribution in [0.4, 0.5) is 0 Å². The summed E-state index contributed by atoms with van der Waals surface area (Å²) in [4.78, 5) is 23.9. The molecule has 0 bridgehead atoms. The molecule has 0 unspecified atom stereocenters. The number of hydrogen-bond acceptors (Lipinski definition) is 4. The monoisotopic (exact) mass is 516 g/mol. The van der Waals surface area contributed by atoms with E-state index < -0.39 is 0 Å². The third-order valence-corrected chi connectivity index (χ3v) is 7.83. The number of carbonyl (C=O) groups excluding carboxylic acids is 2. The summed E-state index contributed by atoms with van der Waals surface area (Å²) >= 11 is 0. The molecule has 204 valence electrons. The van der Waals surface area contributed by atoms with Gasteiger partial charge in [-0.05, 0) is 65.3 Å². The molecule has 0 spiro atoms. The predicted octanol–water partition coefficient (Wildman–Crippen LogP) is 8.66. The van der Waals surface area contributed by atoms with Gasteiger partial charge in [0.25, 0.3) is 0 Å². The molecule has 4 heteroatoms. The van der Waals surface area contributed by atoms with Crippen molar-refractivity contribution in [2.45, 2.75) is 90.4 Å². The Morgan fingerprint density at radius 3 is 1.84 bits per heavy atom. The fraction of sp³-hybridized carbons (Fsp3) is 0.471. The van der Waals surface area contributed by atoms with Crippen LogP contribution in [-0.2, 0) is 24.5 Å². The van der Waals surface area contributed by atoms with E-state index in [0.29, 0.717) is 5.57 Å². The topological polar surface area (TPSA) is 52.6 Å². The minimum Gasteiger partial charge on any atom is -0.466 e. The molecule has 0 aliphatic heterocycles. The Labute approximate surface area is 229 Å². The lowest BCUT2D eigenvalue weighted by atomic mass is 9.70. The highest BCUT2D eigenvalue weighted by Gasteiger charge is 2.42. The van der Waals surface area contributed by atoms with E-state index in [9.17, 15) is 9.59 Å². The van der Waals surface area contributed by atoms with E-state index in [1.54, 1.807) is 6.92 Å². The molecule has 1 aliphatic carbocycles. The number of ether oxygens (including phenoxy) is 2. The molecule has 0 N–H and O–H groups in total. The van der Waals surface area contributed by atoms with Crippen LogP contribution in [0.1, 0.15) is 107 Å². The smallest absolute Gasteiger partial charge is 0.333 e. The van der Waals surface area contributed by atoms with Crippen molar-refractivity contribution in [1.82, 2.24) is 0 Å². The maximum Gasteiger partial charge on any atom is 0.333 e. The molecule has 0 radical (unpaired) electrons. The average molecular weight is 517 g/mol. The minimum atomic E-state index is -0.350. The van der Waals surface area contributed by atoms with Gasteiger partial charge in [-0.15, -0.1) is 0 Å². The van der Waals surface area contributed by atoms with Gasteiger partial charge in [-0.1, -0.05) is 102 Å². The number of carbonyl (C=O) groups is 2. The molecule has 0 amide bonds. The molecular formula is C34H44O4. The normalized spacial score (nSPS) is 13.9. The predicted molar refractivity (Wildman–Crippen MR) is 157 cm³/mol. The second-order valence-electron chi connectivity index (χ2n) is 10.5. The Morgan fingerprint density at radius 1 is 0.763 bits per heavy atom. The zero-order chi connectivity index (χ0) is 27.5. The number of esters is 2. The van der Waals surface area contributed by atoms with E-state index in [4.69, 9.17) is 9.47 Å². The van der Waals surface area contributed by atoms with Crippen molar-refractivity contribution in [3.8, 4) is 11.1 Å². The van der Waals surface area contributed by atoms with Crippen LogP contribution >= 0.6 is 0 Å². The molecule has 1 aliphatic rings. The summed E-state index contributed by atoms with van der Waals surface area (Å²) in [6.45, 7) is 6.31. The summed E-state index contributed by atoms with van der Waals surface area (Å²) in [6, 6.07) is 13.2. The van der Waals surface area contributed by atoms with Gasteiger partial charge in [0.1, 0.15) is 0 Å². The van der Waals surface area contributed by atoms with Crippen molar-refractivity contribution in [3.63, 3.8) is 0 Å². The molecule has 2 aromatic rings. The number of fused-ring (bicyclic) bond motifs is 3. The number of hydrogen-bond donors (Lipinski definition) is 0. The summed E-state index contributed by atoms with van der Waals surface area (Å²) in [5.41, 5.74) is 7.81. The zero-order valence-corrected chi connectivity index (χ0v) is 23.9. The van der Waals surface area contributed by atoms with Crippen LogP contribution in [0.3, 0.4) is 0 Å². The van der Waals surface area contributed by atoms with Crippen molar-refractivity contribution in [2.24, 2.45) is 0 Å². The molecule has 0 fully saturated rings. The molecule has 4 nitrogen and oxygen atoms in total. The van der Waals surface area contributed by atoms with Gasteiger partial charge in [-0.2, -0.15) is 0 Å². The lowest BCUT2D eigenvalue weighted by molar-refractivity contribution is -0.136. The van der Waals surface area contributed by atoms with Crippen molar-refractivity contribution < 1.29 is 19.1 Å². The van der Waals surface area contributed by atoms with E-state index >= 15 is 0 Å². The van der Waals surface area contributed by atoms with Crippen LogP contribution in [0.15, 0.2) is 48.0 Å². The van der Waals surface area contributed by atoms with Crippen molar-refractivity contribution in [1.29, 1.82) is 0 Å². The largest absolute Gasteiger partial charge is 0.466 e. The highest BCUT2D eigenvalue weighted by Crippen LogP contribution is 2.54. The quantitative estimate of drug-likeness (QED) is 0.143. The summed E-state index contributed by atoms with van der Waals surface area (Å²) in [6.07, 6.45) is 17.1. The minimum absolute atomic E-state index is 0.0930. The lowest BCUT2D eigenvalue weighted by Crippen LogP contribution is -2.25. The number of methoxy groups -OCH3 is 2. The molecule has 0 atom stereocenters. The second-order valence-corrected chi connectivity index (χ2v) is 10.5. The maximum atomic E-state index is 12.1. The number of benzene rings is 2. The number of unbranched alkanes of at least 4 members (excludes halogenated alkanes) is 6. The van der Waals surface area contributed by atoms with Gasteiger partial charge in [0, 0.05) is 17.1 Å². The maximum absolute atomic E-state index is 12.1. The molecule has 38 heavy (non-hydrogen) atoms. The molecule has 2 aromatic carbocycles. The van der Waals surface area contributed by atoms with E-state index in [1.165, 1.54) is 93.9 Å². The van der Waals surface area contributed by atoms with E-state index in [1.807, 2.05) is 12.2 Å². The molecule has 0 saturated heterocycles. The van der Waals surface area contributed by atoms with E-state index in [2.05, 4.69) is 50.2 Å². The van der Waals surface area contributed by atoms with Crippen LogP contribution in [0.5, 0.6) is 0 Å². The van der Waals surface area contributed by atoms with Gasteiger partial charge in [0.15, 0.2) is 0 Å². The van der Waals surface area contributed by atoms with Crippen LogP contribution < -0.4 is 0 Å². The second kappa shape index (κ2) is 14.1. The highest BCUT2D eigenvalue weighted by molar-refractivity contribution is 5.93. The Bertz CT molecular complexity index is 1160. The van der Waals surface area contributed by atoms with Gasteiger partial charge in [0.05, 0.1) is 14.2 Å². The molecule has 0 heterocycles. The fourth-order valence-corrected chi connectivity index (χ4v) is 5.80. The third-order valence-electron chi connectivity index (χ3n) is 7.83. The van der Waals surface area contributed by atoms with Crippen molar-refractivity contribution in [2.75, 3.05) is 14.2 Å². The highest BCUT2D eigenvalue weighted by atomic mass is 16.5. The summed E-state index contributed by atoms with van der Waals surface area (Å²) in [5.74, 6) is -0.655. The SMILES string of the molecule is CCCCCCC1(CCCCCC)c2cc(/C=C(/C)C(=O)OC)ccc2-c2ccc(/C=C/C(=O)OC)cc21. The van der Waals surface area contributed by atoms with Gasteiger partial charge in [0.2, 0.25) is 0 Å². The van der Waals surface area contributed by atoms with Gasteiger partial charge < -0.3 is 9.47 Å². The standard InChI is InChI=1S/C34H44O4/c1-6-8-10-12-20-34(21-13-11-9-7-2)30-23-26(16-19-32(35)37-4)14-17-28(30)29-18-15-27(24-31(29)34)22-25(3)33(36)38-5/h14-19,22-24H,6-13,20-21H2,1-5H3/b19-16+,25-22-. The van der Waals surface area contributed by atoms with Gasteiger partial charge >= 0.3 is 11.9 Å². The zero-order valence-electron chi connectivity index (χ0n) is 23.9. The molecule has 3 rings (SSSR count). The Hall–Kier alpha value is -3.14. The lowest BCUT2D eigenvalue weighted by Gasteiger charge is -2.33. The van der Waals surface area contributed by atoms with Crippen LogP contribution in [0, 0.1) is 0 Å². The van der Waals surface area contributed by atoms with Crippen molar-refractivity contribution in [3.05, 3.63) is 70.3 Å². The Morgan fingerprint density at radius 2 is 1.32 bits per heavy atom. The fourth-order valence-electron chi connectivity index (χ4n) is 5.80. The molecular weight excluding hydrogens is 472 g/mol. The third kappa shape index (κ3) is 6.83. The summed E-state index contributed by atoms with van der Waals surface area (Å²) in [5, 5.41) is 0. The Kier molecular flexibility index (Phi) is 10.9. The van der Waals surface area contributed by atoms with Crippen LogP contribution in [0.2, 0.25) is 0 Å². The van der Waals surface area contributed by atoms with E-state index in [0.717, 1.165) is 24.0 Å². The number of rotatable bonds is 14. The first-order valence-corrected chi connectivity index (χ1v) is 14.2. The first-order valence-electron chi connectivity index (χ1n) is 14.2. The van der Waals surface area contributed by atoms with Gasteiger partial charge in [-0.3, -0.25) is 0 Å². The first-order chi connectivity index (χ1) is 18.4. The van der Waals surface area contributed by atoms with E-state index in [-0.39, 0.29) is 17.4 Å². The van der Waals surface area contributed by atoms with Crippen LogP contribution in [-0.4, -0.2) is 26.2 Å². The van der Waals surface area contributed by atoms with Crippen LogP contribution in [0.25, 0.3) is 23.3 Å². The average Bonchev–Trinajstić information content (AvgIpc) is 3.20.